The maximum atomic E-state index is 12.8. The van der Waals surface area contributed by atoms with E-state index in [1.54, 1.807) is 18.2 Å². The summed E-state index contributed by atoms with van der Waals surface area (Å²) in [5.41, 5.74) is 7.08. The first-order valence-corrected chi connectivity index (χ1v) is 8.17. The topological polar surface area (TPSA) is 79.5 Å². The molecule has 0 aromatic heterocycles. The predicted molar refractivity (Wildman–Crippen MR) is 115 cm³/mol. The van der Waals surface area contributed by atoms with Crippen molar-refractivity contribution in [2.45, 2.75) is 13.0 Å². The zero-order valence-corrected chi connectivity index (χ0v) is 17.6. The third-order valence-electron chi connectivity index (χ3n) is 3.31. The Balaban J connectivity index is 0.00000338. The Kier molecular flexibility index (Phi) is 9.11. The summed E-state index contributed by atoms with van der Waals surface area (Å²) in [5, 5.41) is 6.60. The summed E-state index contributed by atoms with van der Waals surface area (Å²) < 4.78 is 12.8. The predicted octanol–water partition coefficient (Wildman–Crippen LogP) is 4.35. The summed E-state index contributed by atoms with van der Waals surface area (Å²) >= 11 is 12.0. The lowest BCUT2D eigenvalue weighted by Crippen LogP contribution is -2.34. The molecular formula is C17H18Cl2FIN4O. The van der Waals surface area contributed by atoms with Gasteiger partial charge in [0.25, 0.3) is 0 Å². The molecule has 0 heterocycles. The Morgan fingerprint density at radius 2 is 1.88 bits per heavy atom. The molecule has 0 bridgehead atoms. The minimum Gasteiger partial charge on any atom is -0.370 e. The van der Waals surface area contributed by atoms with Crippen molar-refractivity contribution in [3.63, 3.8) is 0 Å². The van der Waals surface area contributed by atoms with E-state index in [9.17, 15) is 9.18 Å². The third kappa shape index (κ3) is 6.97. The Hall–Kier alpha value is -1.58. The van der Waals surface area contributed by atoms with E-state index in [0.29, 0.717) is 15.7 Å². The van der Waals surface area contributed by atoms with Crippen LogP contribution < -0.4 is 16.4 Å². The zero-order chi connectivity index (χ0) is 18.4. The smallest absolute Gasteiger partial charge is 0.246 e. The fraction of sp³-hybridized carbons (Fsp3) is 0.176. The van der Waals surface area contributed by atoms with Gasteiger partial charge in [-0.3, -0.25) is 4.79 Å². The number of nitrogens with two attached hydrogens (primary N) is 1. The van der Waals surface area contributed by atoms with E-state index >= 15 is 0 Å². The second-order valence-electron chi connectivity index (χ2n) is 5.29. The zero-order valence-electron chi connectivity index (χ0n) is 13.8. The molecule has 0 spiro atoms. The van der Waals surface area contributed by atoms with Crippen LogP contribution in [0.4, 0.5) is 10.1 Å². The van der Waals surface area contributed by atoms with Gasteiger partial charge >= 0.3 is 0 Å². The van der Waals surface area contributed by atoms with Gasteiger partial charge in [-0.2, -0.15) is 0 Å². The van der Waals surface area contributed by atoms with Crippen LogP contribution in [0.15, 0.2) is 47.5 Å². The molecule has 0 radical (unpaired) electrons. The standard InChI is InChI=1S/C17H17Cl2FN4O.HI/c1-10(14-7-2-11(18)8-15(14)19)23-17(21)22-9-16(25)24-13-5-3-12(20)4-6-13;/h2-8,10H,9H2,1H3,(H,24,25)(H3,21,22,23);1H. The van der Waals surface area contributed by atoms with Gasteiger partial charge in [0, 0.05) is 15.7 Å². The maximum Gasteiger partial charge on any atom is 0.246 e. The SMILES string of the molecule is CC(NC(N)=NCC(=O)Nc1ccc(F)cc1)c1ccc(Cl)cc1Cl.I. The number of aliphatic imine (C=N–C) groups is 1. The minimum absolute atomic E-state index is 0. The molecule has 0 aliphatic carbocycles. The third-order valence-corrected chi connectivity index (χ3v) is 3.88. The Labute approximate surface area is 178 Å². The summed E-state index contributed by atoms with van der Waals surface area (Å²) in [6, 6.07) is 10.4. The number of hydrogen-bond acceptors (Lipinski definition) is 2. The Morgan fingerprint density at radius 1 is 1.23 bits per heavy atom. The number of carbonyl (C=O) groups is 1. The molecule has 1 unspecified atom stereocenters. The number of benzene rings is 2. The second kappa shape index (κ2) is 10.5. The number of nitrogens with zero attached hydrogens (tertiary/aromatic N) is 1. The van der Waals surface area contributed by atoms with E-state index in [0.717, 1.165) is 5.56 Å². The molecule has 2 aromatic rings. The molecule has 0 saturated carbocycles. The highest BCUT2D eigenvalue weighted by atomic mass is 127. The highest BCUT2D eigenvalue weighted by molar-refractivity contribution is 14.0. The number of rotatable bonds is 5. The van der Waals surface area contributed by atoms with Gasteiger partial charge in [-0.1, -0.05) is 29.3 Å². The Bertz CT molecular complexity index is 787. The van der Waals surface area contributed by atoms with Crippen molar-refractivity contribution in [2.24, 2.45) is 10.7 Å². The molecule has 0 saturated heterocycles. The van der Waals surface area contributed by atoms with Crippen LogP contribution in [0, 0.1) is 5.82 Å². The average Bonchev–Trinajstić information content (AvgIpc) is 2.55. The van der Waals surface area contributed by atoms with Gasteiger partial charge in [-0.25, -0.2) is 9.38 Å². The molecule has 1 amide bonds. The van der Waals surface area contributed by atoms with E-state index < -0.39 is 0 Å². The normalized spacial score (nSPS) is 12.1. The average molecular weight is 511 g/mol. The van der Waals surface area contributed by atoms with Crippen molar-refractivity contribution in [3.8, 4) is 0 Å². The summed E-state index contributed by atoms with van der Waals surface area (Å²) in [7, 11) is 0. The van der Waals surface area contributed by atoms with E-state index in [-0.39, 0.29) is 54.2 Å². The summed E-state index contributed by atoms with van der Waals surface area (Å²) in [6.07, 6.45) is 0. The first-order chi connectivity index (χ1) is 11.8. The lowest BCUT2D eigenvalue weighted by molar-refractivity contribution is -0.114. The first-order valence-electron chi connectivity index (χ1n) is 7.42. The summed E-state index contributed by atoms with van der Waals surface area (Å²) in [4.78, 5) is 15.8. The van der Waals surface area contributed by atoms with Gasteiger partial charge in [-0.15, -0.1) is 24.0 Å². The van der Waals surface area contributed by atoms with Gasteiger partial charge in [0.05, 0.1) is 6.04 Å². The van der Waals surface area contributed by atoms with Crippen LogP contribution in [0.2, 0.25) is 10.0 Å². The van der Waals surface area contributed by atoms with Crippen molar-refractivity contribution in [1.29, 1.82) is 0 Å². The van der Waals surface area contributed by atoms with Crippen LogP contribution in [-0.4, -0.2) is 18.4 Å². The number of hydrogen-bond donors (Lipinski definition) is 3. The van der Waals surface area contributed by atoms with Crippen LogP contribution in [0.25, 0.3) is 0 Å². The van der Waals surface area contributed by atoms with E-state index in [4.69, 9.17) is 28.9 Å². The van der Waals surface area contributed by atoms with Gasteiger partial charge in [0.15, 0.2) is 5.96 Å². The van der Waals surface area contributed by atoms with Crippen LogP contribution >= 0.6 is 47.2 Å². The number of amides is 1. The number of anilines is 1. The molecule has 0 aliphatic heterocycles. The van der Waals surface area contributed by atoms with Crippen molar-refractivity contribution in [2.75, 3.05) is 11.9 Å². The van der Waals surface area contributed by atoms with Crippen LogP contribution in [0.5, 0.6) is 0 Å². The number of nitrogens with one attached hydrogen (secondary N) is 2. The minimum atomic E-state index is -0.376. The van der Waals surface area contributed by atoms with Crippen LogP contribution in [0.3, 0.4) is 0 Å². The molecule has 1 atom stereocenters. The van der Waals surface area contributed by atoms with Crippen molar-refractivity contribution < 1.29 is 9.18 Å². The van der Waals surface area contributed by atoms with Gasteiger partial charge in [0.2, 0.25) is 5.91 Å². The van der Waals surface area contributed by atoms with Crippen molar-refractivity contribution in [3.05, 3.63) is 63.9 Å². The van der Waals surface area contributed by atoms with E-state index in [2.05, 4.69) is 15.6 Å². The van der Waals surface area contributed by atoms with E-state index in [1.165, 1.54) is 24.3 Å². The van der Waals surface area contributed by atoms with Crippen LogP contribution in [-0.2, 0) is 4.79 Å². The maximum absolute atomic E-state index is 12.8. The molecule has 5 nitrogen and oxygen atoms in total. The Morgan fingerprint density at radius 3 is 2.50 bits per heavy atom. The highest BCUT2D eigenvalue weighted by Crippen LogP contribution is 2.25. The number of carbonyl (C=O) groups excluding carboxylic acids is 1. The van der Waals surface area contributed by atoms with E-state index in [1.807, 2.05) is 6.92 Å². The largest absolute Gasteiger partial charge is 0.370 e. The fourth-order valence-electron chi connectivity index (χ4n) is 2.09. The fourth-order valence-corrected chi connectivity index (χ4v) is 2.66. The first kappa shape index (κ1) is 22.5. The number of halogens is 4. The molecule has 4 N–H and O–H groups in total. The van der Waals surface area contributed by atoms with Crippen LogP contribution in [0.1, 0.15) is 18.5 Å². The van der Waals surface area contributed by atoms with Gasteiger partial charge < -0.3 is 16.4 Å². The summed E-state index contributed by atoms with van der Waals surface area (Å²) in [6.45, 7) is 1.69. The molecule has 2 rings (SSSR count). The highest BCUT2D eigenvalue weighted by Gasteiger charge is 2.11. The quantitative estimate of drug-likeness (QED) is 0.318. The monoisotopic (exact) mass is 510 g/mol. The summed E-state index contributed by atoms with van der Waals surface area (Å²) in [5.74, 6) is -0.638. The van der Waals surface area contributed by atoms with Gasteiger partial charge in [0.1, 0.15) is 12.4 Å². The second-order valence-corrected chi connectivity index (χ2v) is 6.13. The van der Waals surface area contributed by atoms with Gasteiger partial charge in [-0.05, 0) is 48.9 Å². The molecule has 9 heteroatoms. The molecule has 0 aliphatic rings. The molecule has 2 aromatic carbocycles. The molecule has 0 fully saturated rings. The number of guanidine groups is 1. The van der Waals surface area contributed by atoms with Crippen molar-refractivity contribution >= 4 is 64.7 Å². The molecule has 26 heavy (non-hydrogen) atoms. The molecular weight excluding hydrogens is 493 g/mol. The lowest BCUT2D eigenvalue weighted by Gasteiger charge is -2.16. The molecule has 140 valence electrons. The van der Waals surface area contributed by atoms with Crippen molar-refractivity contribution in [1.82, 2.24) is 5.32 Å². The lowest BCUT2D eigenvalue weighted by atomic mass is 10.1.